The van der Waals surface area contributed by atoms with Crippen molar-refractivity contribution < 1.29 is 4.79 Å². The topological polar surface area (TPSA) is 92.9 Å². The first-order chi connectivity index (χ1) is 9.65. The zero-order valence-electron chi connectivity index (χ0n) is 10.4. The smallest absolute Gasteiger partial charge is 0.257 e. The number of amides is 1. The summed E-state index contributed by atoms with van der Waals surface area (Å²) < 4.78 is 0. The number of hydrogen-bond acceptors (Lipinski definition) is 6. The fourth-order valence-electron chi connectivity index (χ4n) is 1.78. The highest BCUT2D eigenvalue weighted by molar-refractivity contribution is 7.14. The molecular weight excluding hydrogens is 298 g/mol. The molecule has 20 heavy (non-hydrogen) atoms. The maximum absolute atomic E-state index is 12.1. The van der Waals surface area contributed by atoms with Gasteiger partial charge in [0.1, 0.15) is 11.0 Å². The predicted octanol–water partition coefficient (Wildman–Crippen LogP) is 2.61. The van der Waals surface area contributed by atoms with Crippen LogP contribution < -0.4 is 16.6 Å². The fourth-order valence-corrected chi connectivity index (χ4v) is 2.78. The van der Waals surface area contributed by atoms with Crippen molar-refractivity contribution in [2.75, 3.05) is 10.7 Å². The molecule has 6 nitrogen and oxygen atoms in total. The van der Waals surface area contributed by atoms with Crippen LogP contribution in [0.4, 0.5) is 10.9 Å². The van der Waals surface area contributed by atoms with Gasteiger partial charge in [-0.15, -0.1) is 11.3 Å². The zero-order valence-corrected chi connectivity index (χ0v) is 12.0. The Morgan fingerprint density at radius 1 is 1.40 bits per heavy atom. The SMILES string of the molecule is NNc1cc(C(=O)Nc2nc(C3CC3)cs2)cc(Cl)n1. The standard InChI is InChI=1S/C12H12ClN5OS/c13-9-3-7(4-10(16-9)18-14)11(19)17-12-15-8(5-20-12)6-1-2-6/h3-6H,1-2,14H2,(H,16,18)(H,15,17,19). The highest BCUT2D eigenvalue weighted by Gasteiger charge is 2.26. The van der Waals surface area contributed by atoms with Gasteiger partial charge in [-0.3, -0.25) is 10.1 Å². The van der Waals surface area contributed by atoms with E-state index in [1.807, 2.05) is 5.38 Å². The summed E-state index contributed by atoms with van der Waals surface area (Å²) in [6, 6.07) is 3.00. The molecule has 1 aliphatic rings. The minimum atomic E-state index is -0.289. The minimum Gasteiger partial charge on any atom is -0.308 e. The monoisotopic (exact) mass is 309 g/mol. The first kappa shape index (κ1) is 13.3. The average molecular weight is 310 g/mol. The molecule has 1 amide bonds. The van der Waals surface area contributed by atoms with E-state index in [0.717, 1.165) is 5.69 Å². The summed E-state index contributed by atoms with van der Waals surface area (Å²) in [5.41, 5.74) is 3.80. The normalized spacial score (nSPS) is 14.1. The Labute approximate surface area is 124 Å². The maximum Gasteiger partial charge on any atom is 0.257 e. The number of anilines is 2. The van der Waals surface area contributed by atoms with Crippen LogP contribution in [0.2, 0.25) is 5.15 Å². The molecule has 8 heteroatoms. The third kappa shape index (κ3) is 2.90. The third-order valence-electron chi connectivity index (χ3n) is 2.94. The van der Waals surface area contributed by atoms with E-state index in [4.69, 9.17) is 17.4 Å². The number of nitrogens with two attached hydrogens (primary N) is 1. The fraction of sp³-hybridized carbons (Fsp3) is 0.250. The van der Waals surface area contributed by atoms with E-state index in [9.17, 15) is 4.79 Å². The van der Waals surface area contributed by atoms with Crippen LogP contribution in [0, 0.1) is 0 Å². The summed E-state index contributed by atoms with van der Waals surface area (Å²) in [5, 5.41) is 5.53. The lowest BCUT2D eigenvalue weighted by Crippen LogP contribution is -2.14. The van der Waals surface area contributed by atoms with Gasteiger partial charge >= 0.3 is 0 Å². The lowest BCUT2D eigenvalue weighted by molar-refractivity contribution is 0.102. The summed E-state index contributed by atoms with van der Waals surface area (Å²) in [6.45, 7) is 0. The molecule has 0 bridgehead atoms. The summed E-state index contributed by atoms with van der Waals surface area (Å²) in [7, 11) is 0. The molecule has 1 aliphatic carbocycles. The minimum absolute atomic E-state index is 0.198. The number of carbonyl (C=O) groups excluding carboxylic acids is 1. The van der Waals surface area contributed by atoms with Gasteiger partial charge in [0, 0.05) is 16.9 Å². The number of thiazole rings is 1. The van der Waals surface area contributed by atoms with Crippen LogP contribution in [-0.4, -0.2) is 15.9 Å². The Bertz CT molecular complexity index is 655. The van der Waals surface area contributed by atoms with Gasteiger partial charge in [0.05, 0.1) is 5.69 Å². The van der Waals surface area contributed by atoms with Gasteiger partial charge in [-0.1, -0.05) is 11.6 Å². The van der Waals surface area contributed by atoms with E-state index in [0.29, 0.717) is 22.4 Å². The number of carbonyl (C=O) groups is 1. The number of hydrazine groups is 1. The number of nitrogens with zero attached hydrogens (tertiary/aromatic N) is 2. The van der Waals surface area contributed by atoms with Crippen LogP contribution >= 0.6 is 22.9 Å². The second-order valence-electron chi connectivity index (χ2n) is 4.51. The van der Waals surface area contributed by atoms with Crippen LogP contribution in [0.1, 0.15) is 34.8 Å². The Balaban J connectivity index is 1.76. The molecule has 2 aromatic rings. The molecule has 0 saturated heterocycles. The summed E-state index contributed by atoms with van der Waals surface area (Å²) in [5.74, 6) is 5.88. The van der Waals surface area contributed by atoms with Crippen LogP contribution in [0.3, 0.4) is 0 Å². The number of halogens is 1. The molecule has 104 valence electrons. The molecule has 2 heterocycles. The van der Waals surface area contributed by atoms with Crippen molar-refractivity contribution >= 4 is 39.8 Å². The lowest BCUT2D eigenvalue weighted by Gasteiger charge is -2.05. The van der Waals surface area contributed by atoms with E-state index in [-0.39, 0.29) is 11.1 Å². The quantitative estimate of drug-likeness (QED) is 0.458. The van der Waals surface area contributed by atoms with Crippen LogP contribution in [0.15, 0.2) is 17.5 Å². The van der Waals surface area contributed by atoms with E-state index in [1.165, 1.54) is 36.3 Å². The van der Waals surface area contributed by atoms with Crippen LogP contribution in [0.5, 0.6) is 0 Å². The number of rotatable bonds is 4. The molecule has 4 N–H and O–H groups in total. The molecule has 1 saturated carbocycles. The van der Waals surface area contributed by atoms with Crippen molar-refractivity contribution in [2.45, 2.75) is 18.8 Å². The Kier molecular flexibility index (Phi) is 3.56. The largest absolute Gasteiger partial charge is 0.308 e. The molecule has 0 spiro atoms. The average Bonchev–Trinajstić information content (AvgIpc) is 3.19. The molecule has 2 aromatic heterocycles. The predicted molar refractivity (Wildman–Crippen MR) is 79.1 cm³/mol. The lowest BCUT2D eigenvalue weighted by atomic mass is 10.2. The second-order valence-corrected chi connectivity index (χ2v) is 5.76. The van der Waals surface area contributed by atoms with Crippen LogP contribution in [-0.2, 0) is 0 Å². The maximum atomic E-state index is 12.1. The van der Waals surface area contributed by atoms with E-state index < -0.39 is 0 Å². The first-order valence-corrected chi connectivity index (χ1v) is 7.32. The van der Waals surface area contributed by atoms with Crippen molar-refractivity contribution in [3.8, 4) is 0 Å². The van der Waals surface area contributed by atoms with Gasteiger partial charge in [0.2, 0.25) is 0 Å². The van der Waals surface area contributed by atoms with Crippen molar-refractivity contribution in [1.82, 2.24) is 9.97 Å². The highest BCUT2D eigenvalue weighted by Crippen LogP contribution is 2.40. The Morgan fingerprint density at radius 2 is 2.20 bits per heavy atom. The van der Waals surface area contributed by atoms with Gasteiger partial charge in [0.25, 0.3) is 5.91 Å². The molecule has 0 aromatic carbocycles. The van der Waals surface area contributed by atoms with Crippen molar-refractivity contribution in [2.24, 2.45) is 5.84 Å². The molecule has 1 fully saturated rings. The van der Waals surface area contributed by atoms with Crippen molar-refractivity contribution in [1.29, 1.82) is 0 Å². The number of hydrogen-bond donors (Lipinski definition) is 3. The number of nitrogens with one attached hydrogen (secondary N) is 2. The first-order valence-electron chi connectivity index (χ1n) is 6.06. The Morgan fingerprint density at radius 3 is 2.90 bits per heavy atom. The molecule has 0 atom stereocenters. The number of aromatic nitrogens is 2. The third-order valence-corrected chi connectivity index (χ3v) is 3.91. The summed E-state index contributed by atoms with van der Waals surface area (Å²) in [6.07, 6.45) is 2.37. The zero-order chi connectivity index (χ0) is 14.1. The van der Waals surface area contributed by atoms with Gasteiger partial charge in [-0.25, -0.2) is 15.8 Å². The van der Waals surface area contributed by atoms with E-state index in [1.54, 1.807) is 0 Å². The highest BCUT2D eigenvalue weighted by atomic mass is 35.5. The number of nitrogen functional groups attached to an aromatic ring is 1. The van der Waals surface area contributed by atoms with Gasteiger partial charge in [0.15, 0.2) is 5.13 Å². The molecule has 0 aliphatic heterocycles. The van der Waals surface area contributed by atoms with Gasteiger partial charge in [-0.05, 0) is 25.0 Å². The van der Waals surface area contributed by atoms with Gasteiger partial charge in [-0.2, -0.15) is 0 Å². The molecule has 3 rings (SSSR count). The van der Waals surface area contributed by atoms with Crippen LogP contribution in [0.25, 0.3) is 0 Å². The number of pyridine rings is 1. The summed E-state index contributed by atoms with van der Waals surface area (Å²) >= 11 is 7.25. The van der Waals surface area contributed by atoms with E-state index in [2.05, 4.69) is 20.7 Å². The molecule has 0 unspecified atom stereocenters. The van der Waals surface area contributed by atoms with E-state index >= 15 is 0 Å². The van der Waals surface area contributed by atoms with Gasteiger partial charge < -0.3 is 5.43 Å². The molecule has 0 radical (unpaired) electrons. The molecular formula is C12H12ClN5OS. The second kappa shape index (κ2) is 5.35. The van der Waals surface area contributed by atoms with Crippen molar-refractivity contribution in [3.05, 3.63) is 33.9 Å². The van der Waals surface area contributed by atoms with Crippen molar-refractivity contribution in [3.63, 3.8) is 0 Å². The summed E-state index contributed by atoms with van der Waals surface area (Å²) in [4.78, 5) is 20.4. The Hall–Kier alpha value is -1.70.